The smallest absolute Gasteiger partial charge is 0.508 e. The average Bonchev–Trinajstić information content (AvgIpc) is 2.94. The number of benzene rings is 4. The zero-order chi connectivity index (χ0) is 33.3. The first-order valence-corrected chi connectivity index (χ1v) is 15.7. The summed E-state index contributed by atoms with van der Waals surface area (Å²) in [6.07, 6.45) is 0. The molecule has 2 N–H and O–H groups in total. The molecule has 45 heavy (non-hydrogen) atoms. The van der Waals surface area contributed by atoms with E-state index in [4.69, 9.17) is 23.2 Å². The molecule has 0 spiro atoms. The topological polar surface area (TPSA) is 83.8 Å². The zero-order valence-corrected chi connectivity index (χ0v) is 27.2. The van der Waals surface area contributed by atoms with Gasteiger partial charge in [-0.25, -0.2) is 0 Å². The van der Waals surface area contributed by atoms with Gasteiger partial charge in [0.05, 0.1) is 5.34 Å². The Morgan fingerprint density at radius 2 is 0.889 bits per heavy atom. The van der Waals surface area contributed by atoms with Crippen LogP contribution in [0.3, 0.4) is 0 Å². The molecule has 0 atom stereocenters. The van der Waals surface area contributed by atoms with Crippen LogP contribution in [0, 0.1) is 6.92 Å². The first kappa shape index (κ1) is 39.6. The van der Waals surface area contributed by atoms with E-state index < -0.39 is 21.0 Å². The molecule has 4 aromatic carbocycles. The third-order valence-corrected chi connectivity index (χ3v) is 8.00. The molecule has 4 aromatic rings. The van der Waals surface area contributed by atoms with Crippen molar-refractivity contribution in [3.05, 3.63) is 125 Å². The molecule has 4 rings (SSSR count). The van der Waals surface area contributed by atoms with E-state index in [1.807, 2.05) is 69.3 Å². The summed E-state index contributed by atoms with van der Waals surface area (Å²) in [5, 5.41) is 18.8. The van der Waals surface area contributed by atoms with E-state index in [9.17, 15) is 31.8 Å². The van der Waals surface area contributed by atoms with Gasteiger partial charge in [-0.05, 0) is 65.6 Å². The lowest BCUT2D eigenvalue weighted by Gasteiger charge is -2.26. The van der Waals surface area contributed by atoms with Crippen molar-refractivity contribution >= 4 is 33.3 Å². The second kappa shape index (κ2) is 16.2. The summed E-state index contributed by atoms with van der Waals surface area (Å²) in [7, 11) is -5.66. The number of alkyl halides is 5. The van der Waals surface area contributed by atoms with E-state index in [0.717, 1.165) is 27.8 Å². The minimum atomic E-state index is -5.66. The van der Waals surface area contributed by atoms with Crippen molar-refractivity contribution in [2.24, 2.45) is 0 Å². The van der Waals surface area contributed by atoms with E-state index in [2.05, 4.69) is 18.0 Å². The Bertz CT molecular complexity index is 1520. The van der Waals surface area contributed by atoms with Gasteiger partial charge >= 0.3 is 15.6 Å². The van der Waals surface area contributed by atoms with Gasteiger partial charge in [0.25, 0.3) is 0 Å². The van der Waals surface area contributed by atoms with E-state index in [1.54, 1.807) is 36.4 Å². The zero-order valence-electron chi connectivity index (χ0n) is 24.9. The fourth-order valence-corrected chi connectivity index (χ4v) is 4.62. The fourth-order valence-electron chi connectivity index (χ4n) is 4.16. The van der Waals surface area contributed by atoms with Gasteiger partial charge in [-0.1, -0.05) is 101 Å². The molecular formula is C34H39Cl2F3O5S. The van der Waals surface area contributed by atoms with Crippen molar-refractivity contribution < 1.29 is 36.0 Å². The van der Waals surface area contributed by atoms with Gasteiger partial charge in [0.2, 0.25) is 0 Å². The van der Waals surface area contributed by atoms with Crippen LogP contribution in [-0.4, -0.2) is 29.5 Å². The number of hydrogen-bond donors (Lipinski definition) is 2. The molecule has 0 aliphatic rings. The predicted molar refractivity (Wildman–Crippen MR) is 177 cm³/mol. The number of aryl methyl sites for hydroxylation is 1. The van der Waals surface area contributed by atoms with Crippen LogP contribution in [0.5, 0.6) is 17.2 Å². The highest BCUT2D eigenvalue weighted by atomic mass is 35.5. The Morgan fingerprint density at radius 1 is 0.622 bits per heavy atom. The average molecular weight is 688 g/mol. The highest BCUT2D eigenvalue weighted by Gasteiger charge is 2.48. The van der Waals surface area contributed by atoms with Gasteiger partial charge in [0, 0.05) is 10.8 Å². The van der Waals surface area contributed by atoms with Crippen LogP contribution < -0.4 is 4.18 Å². The molecule has 0 saturated heterocycles. The van der Waals surface area contributed by atoms with Crippen LogP contribution in [0.15, 0.2) is 97.1 Å². The summed E-state index contributed by atoms with van der Waals surface area (Å²) >= 11 is 9.53. The minimum absolute atomic E-state index is 0. The molecule has 5 nitrogen and oxygen atoms in total. The molecule has 0 aliphatic carbocycles. The lowest BCUT2D eigenvalue weighted by Crippen LogP contribution is -2.28. The number of halogens is 5. The molecule has 0 radical (unpaired) electrons. The lowest BCUT2D eigenvalue weighted by molar-refractivity contribution is -0.0500. The number of phenolic OH excluding ortho intramolecular Hbond substituents is 2. The van der Waals surface area contributed by atoms with Crippen LogP contribution in [0.4, 0.5) is 13.2 Å². The molecule has 246 valence electrons. The largest absolute Gasteiger partial charge is 0.534 e. The predicted octanol–water partition coefficient (Wildman–Crippen LogP) is 10.0. The number of phenols is 2. The van der Waals surface area contributed by atoms with Crippen molar-refractivity contribution in [2.45, 2.75) is 58.4 Å². The second-order valence-electron chi connectivity index (χ2n) is 10.8. The molecule has 0 fully saturated rings. The van der Waals surface area contributed by atoms with E-state index in [1.165, 1.54) is 12.1 Å². The standard InChI is InChI=1S/C17H17F3O3S.C15H16O2.CH2Cl2.CH4/c1-12-4-6-13(7-5-12)16(2,3)14-8-10-15(11-9-14)23-24(21,22)17(18,19)20;1-15(2,11-3-7-13(16)8-4-11)12-5-9-14(17)10-6-12;2-1-3;/h4-11H,1-3H3;3-10,16-17H,1-2H3;1H2;1H4. The SMILES string of the molecule is C.CC(C)(c1ccc(O)cc1)c1ccc(O)cc1.Cc1ccc(C(C)(C)c2ccc(OS(=O)(=O)C(F)(F)F)cc2)cc1.ClCCl. The summed E-state index contributed by atoms with van der Waals surface area (Å²) in [5.74, 6) is 0.168. The third kappa shape index (κ3) is 10.9. The monoisotopic (exact) mass is 686 g/mol. The fraction of sp³-hybridized carbons (Fsp3) is 0.294. The van der Waals surface area contributed by atoms with E-state index >= 15 is 0 Å². The number of rotatable bonds is 6. The van der Waals surface area contributed by atoms with Crippen LogP contribution in [0.25, 0.3) is 0 Å². The molecule has 11 heteroatoms. The minimum Gasteiger partial charge on any atom is -0.508 e. The van der Waals surface area contributed by atoms with Gasteiger partial charge in [-0.3, -0.25) is 0 Å². The van der Waals surface area contributed by atoms with Crippen LogP contribution in [0.2, 0.25) is 0 Å². The summed E-state index contributed by atoms with van der Waals surface area (Å²) < 4.78 is 63.1. The summed E-state index contributed by atoms with van der Waals surface area (Å²) in [6, 6.07) is 27.9. The first-order chi connectivity index (χ1) is 20.3. The highest BCUT2D eigenvalue weighted by molar-refractivity contribution is 7.88. The normalized spacial score (nSPS) is 11.6. The number of aromatic hydroxyl groups is 2. The lowest BCUT2D eigenvalue weighted by atomic mass is 9.78. The molecule has 0 aromatic heterocycles. The molecule has 0 saturated carbocycles. The maximum atomic E-state index is 12.3. The Labute approximate surface area is 274 Å². The van der Waals surface area contributed by atoms with Crippen molar-refractivity contribution in [2.75, 3.05) is 5.34 Å². The van der Waals surface area contributed by atoms with Gasteiger partial charge in [0.15, 0.2) is 0 Å². The van der Waals surface area contributed by atoms with Crippen LogP contribution >= 0.6 is 23.2 Å². The summed E-state index contributed by atoms with van der Waals surface area (Å²) in [6.45, 7) is 10.2. The molecular weight excluding hydrogens is 648 g/mol. The second-order valence-corrected chi connectivity index (χ2v) is 13.2. The van der Waals surface area contributed by atoms with Crippen molar-refractivity contribution in [1.82, 2.24) is 0 Å². The summed E-state index contributed by atoms with van der Waals surface area (Å²) in [5.41, 5.74) is -0.769. The molecule has 0 bridgehead atoms. The van der Waals surface area contributed by atoms with Crippen LogP contribution in [-0.2, 0) is 20.9 Å². The van der Waals surface area contributed by atoms with E-state index in [-0.39, 0.29) is 35.4 Å². The van der Waals surface area contributed by atoms with Crippen molar-refractivity contribution in [3.8, 4) is 17.2 Å². The Hall–Kier alpha value is -3.40. The van der Waals surface area contributed by atoms with Crippen molar-refractivity contribution in [3.63, 3.8) is 0 Å². The maximum Gasteiger partial charge on any atom is 0.534 e. The maximum absolute atomic E-state index is 12.3. The Morgan fingerprint density at radius 3 is 1.18 bits per heavy atom. The quantitative estimate of drug-likeness (QED) is 0.120. The van der Waals surface area contributed by atoms with Crippen molar-refractivity contribution in [1.29, 1.82) is 0 Å². The molecule has 0 heterocycles. The van der Waals surface area contributed by atoms with Gasteiger partial charge < -0.3 is 14.4 Å². The summed E-state index contributed by atoms with van der Waals surface area (Å²) in [4.78, 5) is 0. The van der Waals surface area contributed by atoms with Crippen LogP contribution in [0.1, 0.15) is 62.9 Å². The molecule has 0 aliphatic heterocycles. The van der Waals surface area contributed by atoms with Gasteiger partial charge in [-0.2, -0.15) is 21.6 Å². The van der Waals surface area contributed by atoms with E-state index in [0.29, 0.717) is 0 Å². The highest BCUT2D eigenvalue weighted by Crippen LogP contribution is 2.34. The van der Waals surface area contributed by atoms with Gasteiger partial charge in [0.1, 0.15) is 17.2 Å². The first-order valence-electron chi connectivity index (χ1n) is 13.2. The Balaban J connectivity index is 0.000000423. The third-order valence-electron chi connectivity index (χ3n) is 7.02. The molecule has 0 amide bonds. The Kier molecular flexibility index (Phi) is 14.3. The number of hydrogen-bond acceptors (Lipinski definition) is 5. The molecule has 0 unspecified atom stereocenters. The van der Waals surface area contributed by atoms with Gasteiger partial charge in [-0.15, -0.1) is 23.2 Å².